The highest BCUT2D eigenvalue weighted by molar-refractivity contribution is 7.45. The van der Waals surface area contributed by atoms with Gasteiger partial charge in [-0.15, -0.1) is 0 Å². The lowest BCUT2D eigenvalue weighted by molar-refractivity contribution is 0.244. The third-order valence-electron chi connectivity index (χ3n) is 4.16. The molecule has 0 saturated carbocycles. The van der Waals surface area contributed by atoms with Gasteiger partial charge in [-0.05, 0) is 24.3 Å². The quantitative estimate of drug-likeness (QED) is 0.198. The lowest BCUT2D eigenvalue weighted by atomic mass is 10.3. The number of phosphoric acid groups is 2. The van der Waals surface area contributed by atoms with Crippen molar-refractivity contribution in [3.8, 4) is 0 Å². The Morgan fingerprint density at radius 3 is 1.85 bits per heavy atom. The number of aromatic amines is 1. The molecule has 15 nitrogen and oxygen atoms in total. The predicted octanol–water partition coefficient (Wildman–Crippen LogP) is -1.23. The molecule has 0 bridgehead atoms. The first-order valence-electron chi connectivity index (χ1n) is 9.27. The van der Waals surface area contributed by atoms with Gasteiger partial charge >= 0.3 is 15.6 Å². The van der Waals surface area contributed by atoms with Gasteiger partial charge in [0.2, 0.25) is 0 Å². The van der Waals surface area contributed by atoms with Crippen LogP contribution in [0.3, 0.4) is 0 Å². The molecular formula is C17H29N5O10P2. The molecule has 0 radical (unpaired) electrons. The van der Waals surface area contributed by atoms with Crippen molar-refractivity contribution in [1.29, 1.82) is 0 Å². The summed E-state index contributed by atoms with van der Waals surface area (Å²) in [6.07, 6.45) is 1.86. The first-order valence-corrected chi connectivity index (χ1v) is 12.4. The highest BCUT2D eigenvalue weighted by Crippen LogP contribution is 2.26. The number of anilines is 1. The highest BCUT2D eigenvalue weighted by Gasteiger charge is 2.18. The number of nitrogens with zero attached hydrogens (tertiary/aromatic N) is 4. The number of aromatic nitrogens is 3. The fraction of sp³-hybridized carbons (Fsp3) is 0.294. The molecule has 0 atom stereocenters. The van der Waals surface area contributed by atoms with Crippen LogP contribution in [-0.2, 0) is 15.7 Å². The van der Waals surface area contributed by atoms with E-state index in [0.717, 1.165) is 55.4 Å². The largest absolute Gasteiger partial charge is 0.466 e. The molecule has 34 heavy (non-hydrogen) atoms. The van der Waals surface area contributed by atoms with E-state index in [9.17, 15) is 0 Å². The average Bonchev–Trinajstić information content (AvgIpc) is 3.09. The van der Waals surface area contributed by atoms with E-state index in [-0.39, 0.29) is 11.0 Å². The van der Waals surface area contributed by atoms with Crippen LogP contribution in [0.5, 0.6) is 0 Å². The van der Waals surface area contributed by atoms with Crippen molar-refractivity contribution in [2.75, 3.05) is 31.1 Å². The number of hydrogen-bond donors (Lipinski definition) is 7. The minimum Gasteiger partial charge on any atom is -0.412 e. The first-order chi connectivity index (χ1) is 14.9. The monoisotopic (exact) mass is 525 g/mol. The Hall–Kier alpha value is -2.26. The van der Waals surface area contributed by atoms with Crippen LogP contribution in [0.1, 0.15) is 5.82 Å². The Kier molecular flexibility index (Phi) is 13.3. The van der Waals surface area contributed by atoms with Crippen molar-refractivity contribution in [3.63, 3.8) is 0 Å². The van der Waals surface area contributed by atoms with Crippen LogP contribution in [0.4, 0.5) is 5.82 Å². The van der Waals surface area contributed by atoms with Crippen LogP contribution in [0.15, 0.2) is 48.7 Å². The molecule has 0 amide bonds. The number of benzene rings is 1. The van der Waals surface area contributed by atoms with Crippen LogP contribution < -0.4 is 4.90 Å². The fourth-order valence-corrected chi connectivity index (χ4v) is 2.97. The topological polar surface area (TPSA) is 267 Å². The number of nitrogens with one attached hydrogen (secondary N) is 1. The summed E-state index contributed by atoms with van der Waals surface area (Å²) in [7, 11) is -9.28. The molecule has 1 aliphatic rings. The number of H-pyrrole nitrogens is 1. The van der Waals surface area contributed by atoms with Crippen molar-refractivity contribution in [3.05, 3.63) is 54.5 Å². The molecule has 1 saturated heterocycles. The lowest BCUT2D eigenvalue weighted by Crippen LogP contribution is -2.46. The number of fused-ring (bicyclic) bond motifs is 1. The summed E-state index contributed by atoms with van der Waals surface area (Å²) < 4.78 is 17.8. The molecule has 17 heteroatoms. The Morgan fingerprint density at radius 1 is 0.824 bits per heavy atom. The second-order valence-electron chi connectivity index (χ2n) is 6.68. The zero-order chi connectivity index (χ0) is 23.8. The van der Waals surface area contributed by atoms with Crippen LogP contribution in [-0.4, -0.2) is 86.3 Å². The highest BCUT2D eigenvalue weighted by atomic mass is 31.2. The molecule has 3 heterocycles. The van der Waals surface area contributed by atoms with Crippen LogP contribution in [0.2, 0.25) is 0 Å². The van der Waals surface area contributed by atoms with Gasteiger partial charge in [0.05, 0.1) is 17.6 Å². The maximum Gasteiger partial charge on any atom is 0.466 e. The Balaban J connectivity index is 0.000000779. The molecule has 0 unspecified atom stereocenters. The third-order valence-corrected chi connectivity index (χ3v) is 4.16. The van der Waals surface area contributed by atoms with Gasteiger partial charge in [-0.1, -0.05) is 18.2 Å². The number of piperazine rings is 1. The molecule has 1 aromatic carbocycles. The predicted molar refractivity (Wildman–Crippen MR) is 124 cm³/mol. The SMILES string of the molecule is O.O.O=P(O)(O)O.O=P(O)(O)O.c1ccc(N2CCN(Cc3nc4ccccc4[nH]3)CC2)nc1. The molecule has 1 fully saturated rings. The minimum atomic E-state index is -4.64. The molecule has 0 spiro atoms. The van der Waals surface area contributed by atoms with Crippen molar-refractivity contribution in [2.24, 2.45) is 0 Å². The number of rotatable bonds is 3. The maximum absolute atomic E-state index is 8.88. The Labute approximate surface area is 194 Å². The van der Waals surface area contributed by atoms with Gasteiger partial charge in [0, 0.05) is 32.4 Å². The number of pyridine rings is 1. The van der Waals surface area contributed by atoms with E-state index in [1.807, 2.05) is 36.5 Å². The smallest absolute Gasteiger partial charge is 0.412 e. The molecule has 3 aromatic rings. The molecule has 1 aliphatic heterocycles. The number of imidazole rings is 1. The number of para-hydroxylation sites is 2. The maximum atomic E-state index is 8.88. The Bertz CT molecular complexity index is 997. The summed E-state index contributed by atoms with van der Waals surface area (Å²) in [5.41, 5.74) is 2.16. The molecule has 2 aromatic heterocycles. The van der Waals surface area contributed by atoms with E-state index < -0.39 is 15.6 Å². The summed E-state index contributed by atoms with van der Waals surface area (Å²) in [4.78, 5) is 60.4. The normalized spacial score (nSPS) is 14.0. The second kappa shape index (κ2) is 14.2. The Morgan fingerprint density at radius 2 is 1.35 bits per heavy atom. The van der Waals surface area contributed by atoms with Crippen molar-refractivity contribution < 1.29 is 49.4 Å². The summed E-state index contributed by atoms with van der Waals surface area (Å²) >= 11 is 0. The summed E-state index contributed by atoms with van der Waals surface area (Å²) in [5.74, 6) is 2.12. The minimum absolute atomic E-state index is 0. The molecule has 192 valence electrons. The van der Waals surface area contributed by atoms with E-state index in [1.165, 1.54) is 0 Å². The second-order valence-corrected chi connectivity index (χ2v) is 8.73. The van der Waals surface area contributed by atoms with Crippen molar-refractivity contribution in [2.45, 2.75) is 6.54 Å². The molecule has 4 rings (SSSR count). The van der Waals surface area contributed by atoms with Gasteiger partial charge in [-0.2, -0.15) is 0 Å². The summed E-state index contributed by atoms with van der Waals surface area (Å²) in [6.45, 7) is 4.97. The average molecular weight is 525 g/mol. The van der Waals surface area contributed by atoms with Gasteiger partial charge in [-0.3, -0.25) is 4.90 Å². The first kappa shape index (κ1) is 31.7. The van der Waals surface area contributed by atoms with Gasteiger partial charge < -0.3 is 50.2 Å². The van der Waals surface area contributed by atoms with E-state index in [1.54, 1.807) is 0 Å². The van der Waals surface area contributed by atoms with E-state index in [2.05, 4.69) is 36.9 Å². The van der Waals surface area contributed by atoms with Crippen molar-refractivity contribution >= 4 is 32.5 Å². The zero-order valence-electron chi connectivity index (χ0n) is 17.8. The fourth-order valence-electron chi connectivity index (χ4n) is 2.97. The standard InChI is InChI=1S/C17H19N5.2H3O4P.2H2O/c1-2-6-15-14(5-1)19-16(20-15)13-21-9-11-22(12-10-21)17-7-3-4-8-18-17;2*1-5(2,3)4;;/h1-8H,9-13H2,(H,19,20);2*(H3,1,2,3,4);2*1H2. The number of hydrogen-bond acceptors (Lipinski definition) is 6. The third kappa shape index (κ3) is 13.4. The lowest BCUT2D eigenvalue weighted by Gasteiger charge is -2.34. The molecule has 11 N–H and O–H groups in total. The molecular weight excluding hydrogens is 496 g/mol. The van der Waals surface area contributed by atoms with E-state index in [0.29, 0.717) is 0 Å². The van der Waals surface area contributed by atoms with Crippen LogP contribution >= 0.6 is 15.6 Å². The summed E-state index contributed by atoms with van der Waals surface area (Å²) in [5, 5.41) is 0. The van der Waals surface area contributed by atoms with E-state index >= 15 is 0 Å². The van der Waals surface area contributed by atoms with Gasteiger partial charge in [0.15, 0.2) is 0 Å². The van der Waals surface area contributed by atoms with Gasteiger partial charge in [0.25, 0.3) is 0 Å². The molecule has 0 aliphatic carbocycles. The van der Waals surface area contributed by atoms with Crippen molar-refractivity contribution in [1.82, 2.24) is 19.9 Å². The van der Waals surface area contributed by atoms with Gasteiger partial charge in [0.1, 0.15) is 11.6 Å². The van der Waals surface area contributed by atoms with Gasteiger partial charge in [-0.25, -0.2) is 19.1 Å². The zero-order valence-corrected chi connectivity index (χ0v) is 19.6. The van der Waals surface area contributed by atoms with Crippen LogP contribution in [0.25, 0.3) is 11.0 Å². The van der Waals surface area contributed by atoms with Crippen LogP contribution in [0, 0.1) is 0 Å². The summed E-state index contributed by atoms with van der Waals surface area (Å²) in [6, 6.07) is 14.3. The van der Waals surface area contributed by atoms with E-state index in [4.69, 9.17) is 38.5 Å².